The quantitative estimate of drug-likeness (QED) is 0.836. The molecule has 0 saturated heterocycles. The third kappa shape index (κ3) is 4.53. The number of halogens is 2. The second kappa shape index (κ2) is 7.55. The van der Waals surface area contributed by atoms with E-state index in [2.05, 4.69) is 12.2 Å². The summed E-state index contributed by atoms with van der Waals surface area (Å²) in [4.78, 5) is 0. The summed E-state index contributed by atoms with van der Waals surface area (Å²) in [7, 11) is 0. The fraction of sp³-hybridized carbons (Fsp3) is 0.294. The maximum absolute atomic E-state index is 13.2. The van der Waals surface area contributed by atoms with Crippen LogP contribution in [0.2, 0.25) is 5.02 Å². The summed E-state index contributed by atoms with van der Waals surface area (Å²) in [5.41, 5.74) is 1.70. The van der Waals surface area contributed by atoms with Gasteiger partial charge in [-0.05, 0) is 41.8 Å². The van der Waals surface area contributed by atoms with Gasteiger partial charge in [-0.1, -0.05) is 42.8 Å². The number of benzene rings is 2. The molecule has 2 rings (SSSR count). The summed E-state index contributed by atoms with van der Waals surface area (Å²) in [6, 6.07) is 13.8. The van der Waals surface area contributed by atoms with Gasteiger partial charge in [-0.3, -0.25) is 0 Å². The van der Waals surface area contributed by atoms with E-state index in [1.807, 2.05) is 24.3 Å². The molecule has 0 aliphatic rings. The second-order valence-electron chi connectivity index (χ2n) is 4.99. The van der Waals surface area contributed by atoms with Crippen LogP contribution in [0.15, 0.2) is 48.5 Å². The van der Waals surface area contributed by atoms with Crippen molar-refractivity contribution in [1.29, 1.82) is 0 Å². The molecule has 0 radical (unpaired) electrons. The zero-order valence-electron chi connectivity index (χ0n) is 11.9. The summed E-state index contributed by atoms with van der Waals surface area (Å²) in [5.74, 6) is -0.337. The van der Waals surface area contributed by atoms with Crippen LogP contribution in [0.4, 0.5) is 4.39 Å². The van der Waals surface area contributed by atoms with Crippen LogP contribution in [-0.4, -0.2) is 11.7 Å². The Morgan fingerprint density at radius 3 is 2.48 bits per heavy atom. The van der Waals surface area contributed by atoms with Gasteiger partial charge < -0.3 is 10.4 Å². The number of aliphatic hydroxyl groups excluding tert-OH is 1. The average molecular weight is 308 g/mol. The molecule has 0 heterocycles. The zero-order valence-corrected chi connectivity index (χ0v) is 12.6. The van der Waals surface area contributed by atoms with Crippen LogP contribution in [0.3, 0.4) is 0 Å². The van der Waals surface area contributed by atoms with Crippen LogP contribution in [0.25, 0.3) is 0 Å². The highest BCUT2D eigenvalue weighted by molar-refractivity contribution is 6.30. The third-order valence-electron chi connectivity index (χ3n) is 3.47. The first kappa shape index (κ1) is 16.0. The van der Waals surface area contributed by atoms with E-state index < -0.39 is 6.10 Å². The number of aliphatic hydroxyl groups is 1. The van der Waals surface area contributed by atoms with Crippen molar-refractivity contribution in [1.82, 2.24) is 5.32 Å². The molecule has 0 bridgehead atoms. The summed E-state index contributed by atoms with van der Waals surface area (Å²) >= 11 is 5.89. The van der Waals surface area contributed by atoms with Crippen LogP contribution in [0.5, 0.6) is 0 Å². The Hall–Kier alpha value is -1.42. The van der Waals surface area contributed by atoms with Crippen molar-refractivity contribution >= 4 is 11.6 Å². The van der Waals surface area contributed by atoms with Gasteiger partial charge in [-0.15, -0.1) is 0 Å². The van der Waals surface area contributed by atoms with Crippen molar-refractivity contribution in [2.45, 2.75) is 25.5 Å². The molecular weight excluding hydrogens is 289 g/mol. The first-order valence-electron chi connectivity index (χ1n) is 7.02. The van der Waals surface area contributed by atoms with Crippen LogP contribution in [0, 0.1) is 5.82 Å². The minimum absolute atomic E-state index is 0.130. The topological polar surface area (TPSA) is 32.3 Å². The van der Waals surface area contributed by atoms with Gasteiger partial charge >= 0.3 is 0 Å². The van der Waals surface area contributed by atoms with Crippen LogP contribution in [-0.2, 0) is 0 Å². The van der Waals surface area contributed by atoms with Gasteiger partial charge in [-0.2, -0.15) is 0 Å². The third-order valence-corrected chi connectivity index (χ3v) is 3.72. The number of hydrogen-bond acceptors (Lipinski definition) is 2. The average Bonchev–Trinajstić information content (AvgIpc) is 2.49. The first-order chi connectivity index (χ1) is 10.1. The molecule has 2 aromatic carbocycles. The molecule has 0 aromatic heterocycles. The Bertz CT molecular complexity index is 573. The summed E-state index contributed by atoms with van der Waals surface area (Å²) in [5, 5.41) is 14.1. The van der Waals surface area contributed by atoms with Crippen molar-refractivity contribution in [2.24, 2.45) is 0 Å². The Morgan fingerprint density at radius 2 is 1.86 bits per heavy atom. The lowest BCUT2D eigenvalue weighted by Gasteiger charge is -2.20. The number of rotatable bonds is 6. The molecule has 0 saturated carbocycles. The zero-order chi connectivity index (χ0) is 15.2. The molecule has 0 amide bonds. The Labute approximate surface area is 129 Å². The van der Waals surface area contributed by atoms with Gasteiger partial charge in [-0.25, -0.2) is 4.39 Å². The number of hydrogen-bond donors (Lipinski definition) is 2. The minimum Gasteiger partial charge on any atom is -0.387 e. The van der Waals surface area contributed by atoms with E-state index in [1.165, 1.54) is 12.1 Å². The van der Waals surface area contributed by atoms with Gasteiger partial charge in [0.1, 0.15) is 5.82 Å². The van der Waals surface area contributed by atoms with Crippen molar-refractivity contribution in [3.8, 4) is 0 Å². The Balaban J connectivity index is 1.98. The van der Waals surface area contributed by atoms with Crippen molar-refractivity contribution in [3.63, 3.8) is 0 Å². The molecule has 0 aliphatic heterocycles. The Morgan fingerprint density at radius 1 is 1.14 bits per heavy atom. The van der Waals surface area contributed by atoms with E-state index in [9.17, 15) is 9.50 Å². The van der Waals surface area contributed by atoms with E-state index in [4.69, 9.17) is 11.6 Å². The van der Waals surface area contributed by atoms with Crippen molar-refractivity contribution in [2.75, 3.05) is 6.54 Å². The molecule has 0 aliphatic carbocycles. The van der Waals surface area contributed by atoms with Gasteiger partial charge in [0.25, 0.3) is 0 Å². The predicted molar refractivity (Wildman–Crippen MR) is 83.8 cm³/mol. The molecule has 2 N–H and O–H groups in total. The summed E-state index contributed by atoms with van der Waals surface area (Å²) in [6.45, 7) is 2.44. The molecule has 2 nitrogen and oxygen atoms in total. The van der Waals surface area contributed by atoms with Crippen LogP contribution in [0.1, 0.15) is 36.6 Å². The maximum atomic E-state index is 13.2. The van der Waals surface area contributed by atoms with Crippen molar-refractivity contribution in [3.05, 3.63) is 70.5 Å². The van der Waals surface area contributed by atoms with E-state index in [0.29, 0.717) is 17.1 Å². The van der Waals surface area contributed by atoms with E-state index in [0.717, 1.165) is 12.0 Å². The van der Waals surface area contributed by atoms with Gasteiger partial charge in [0.05, 0.1) is 6.10 Å². The highest BCUT2D eigenvalue weighted by Gasteiger charge is 2.13. The molecule has 0 fully saturated rings. The maximum Gasteiger partial charge on any atom is 0.123 e. The molecule has 0 spiro atoms. The van der Waals surface area contributed by atoms with E-state index in [1.54, 1.807) is 12.1 Å². The summed E-state index contributed by atoms with van der Waals surface area (Å²) in [6.07, 6.45) is 0.152. The minimum atomic E-state index is -0.734. The smallest absolute Gasteiger partial charge is 0.123 e. The predicted octanol–water partition coefficient (Wildman–Crippen LogP) is 4.25. The Kier molecular flexibility index (Phi) is 5.74. The molecular formula is C17H19ClFNO. The van der Waals surface area contributed by atoms with Gasteiger partial charge in [0.15, 0.2) is 0 Å². The first-order valence-corrected chi connectivity index (χ1v) is 7.40. The molecule has 2 atom stereocenters. The molecule has 4 heteroatoms. The second-order valence-corrected chi connectivity index (χ2v) is 5.43. The lowest BCUT2D eigenvalue weighted by Crippen LogP contribution is -2.26. The van der Waals surface area contributed by atoms with Gasteiger partial charge in [0, 0.05) is 17.6 Å². The lowest BCUT2D eigenvalue weighted by molar-refractivity contribution is 0.169. The fourth-order valence-electron chi connectivity index (χ4n) is 2.28. The normalized spacial score (nSPS) is 13.9. The SMILES string of the molecule is CCC(NCC(O)c1cccc(F)c1)c1ccc(Cl)cc1. The molecule has 2 aromatic rings. The largest absolute Gasteiger partial charge is 0.387 e. The summed E-state index contributed by atoms with van der Waals surface area (Å²) < 4.78 is 13.2. The van der Waals surface area contributed by atoms with Crippen molar-refractivity contribution < 1.29 is 9.50 Å². The van der Waals surface area contributed by atoms with Crippen LogP contribution < -0.4 is 5.32 Å². The number of nitrogens with one attached hydrogen (secondary N) is 1. The standard InChI is InChI=1S/C17H19ClFNO/c1-2-16(12-6-8-14(18)9-7-12)20-11-17(21)13-4-3-5-15(19)10-13/h3-10,16-17,20-21H,2,11H2,1H3. The van der Waals surface area contributed by atoms with E-state index in [-0.39, 0.29) is 11.9 Å². The van der Waals surface area contributed by atoms with Gasteiger partial charge in [0.2, 0.25) is 0 Å². The van der Waals surface area contributed by atoms with E-state index >= 15 is 0 Å². The molecule has 112 valence electrons. The fourth-order valence-corrected chi connectivity index (χ4v) is 2.40. The monoisotopic (exact) mass is 307 g/mol. The molecule has 21 heavy (non-hydrogen) atoms. The van der Waals surface area contributed by atoms with Crippen LogP contribution >= 0.6 is 11.6 Å². The lowest BCUT2D eigenvalue weighted by atomic mass is 10.0. The molecule has 2 unspecified atom stereocenters. The highest BCUT2D eigenvalue weighted by atomic mass is 35.5. The highest BCUT2D eigenvalue weighted by Crippen LogP contribution is 2.20.